The van der Waals surface area contributed by atoms with Gasteiger partial charge in [0.15, 0.2) is 0 Å². The van der Waals surface area contributed by atoms with Crippen molar-refractivity contribution in [2.45, 2.75) is 6.92 Å². The van der Waals surface area contributed by atoms with Crippen LogP contribution in [0, 0.1) is 6.92 Å². The molecule has 1 heterocycles. The van der Waals surface area contributed by atoms with Crippen LogP contribution in [-0.4, -0.2) is 40.5 Å². The van der Waals surface area contributed by atoms with Crippen molar-refractivity contribution in [1.29, 1.82) is 0 Å². The molecule has 6 heteroatoms. The number of aromatic nitrogens is 1. The minimum absolute atomic E-state index is 0.301. The number of aryl methyl sites for hydroxylation is 1. The first-order chi connectivity index (χ1) is 7.49. The van der Waals surface area contributed by atoms with Gasteiger partial charge in [0.25, 0.3) is 0 Å². The van der Waals surface area contributed by atoms with Gasteiger partial charge in [-0.25, -0.2) is 4.98 Å². The molecule has 1 aromatic heterocycles. The smallest absolute Gasteiger partial charge is 0.323 e. The average Bonchev–Trinajstić information content (AvgIpc) is 2.59. The summed E-state index contributed by atoms with van der Waals surface area (Å²) in [6.45, 7) is 1.57. The van der Waals surface area contributed by atoms with E-state index in [4.69, 9.17) is 5.11 Å². The molecule has 16 heavy (non-hydrogen) atoms. The first-order valence-electron chi connectivity index (χ1n) is 4.56. The van der Waals surface area contributed by atoms with E-state index in [1.807, 2.05) is 6.92 Å². The summed E-state index contributed by atoms with van der Waals surface area (Å²) in [5, 5.41) is 9.42. The standard InChI is InChI=1S/C10H12N2O3S/c1-7-11-5-8(16-7)3-4-9(13)12(2)6-10(14)15/h3-5H,6H2,1-2H3,(H,14,15)/b4-3+. The Morgan fingerprint density at radius 1 is 1.62 bits per heavy atom. The van der Waals surface area contributed by atoms with Crippen molar-refractivity contribution in [1.82, 2.24) is 9.88 Å². The number of thiazole rings is 1. The second-order valence-corrected chi connectivity index (χ2v) is 4.47. The van der Waals surface area contributed by atoms with Gasteiger partial charge >= 0.3 is 5.97 Å². The molecule has 86 valence electrons. The van der Waals surface area contributed by atoms with Crippen LogP contribution < -0.4 is 0 Å². The molecule has 0 spiro atoms. The Balaban J connectivity index is 2.57. The number of rotatable bonds is 4. The average molecular weight is 240 g/mol. The van der Waals surface area contributed by atoms with Crippen LogP contribution in [0.1, 0.15) is 9.88 Å². The summed E-state index contributed by atoms with van der Waals surface area (Å²) >= 11 is 1.47. The van der Waals surface area contributed by atoms with E-state index >= 15 is 0 Å². The van der Waals surface area contributed by atoms with Crippen molar-refractivity contribution in [3.8, 4) is 0 Å². The van der Waals surface area contributed by atoms with Crippen LogP contribution in [0.25, 0.3) is 6.08 Å². The number of carboxylic acids is 1. The predicted molar refractivity (Wildman–Crippen MR) is 61.2 cm³/mol. The lowest BCUT2D eigenvalue weighted by molar-refractivity contribution is -0.141. The first kappa shape index (κ1) is 12.4. The molecular formula is C10H12N2O3S. The van der Waals surface area contributed by atoms with Crippen LogP contribution in [0.4, 0.5) is 0 Å². The molecule has 0 saturated carbocycles. The van der Waals surface area contributed by atoms with Gasteiger partial charge in [0.2, 0.25) is 5.91 Å². The van der Waals surface area contributed by atoms with Gasteiger partial charge in [-0.3, -0.25) is 9.59 Å². The largest absolute Gasteiger partial charge is 0.480 e. The number of nitrogens with zero attached hydrogens (tertiary/aromatic N) is 2. The molecule has 0 aliphatic heterocycles. The summed E-state index contributed by atoms with van der Waals surface area (Å²) in [6.07, 6.45) is 4.64. The zero-order valence-corrected chi connectivity index (χ0v) is 9.82. The van der Waals surface area contributed by atoms with E-state index in [1.165, 1.54) is 24.5 Å². The highest BCUT2D eigenvalue weighted by Gasteiger charge is 2.08. The normalized spacial score (nSPS) is 10.6. The Labute approximate surface area is 97.0 Å². The van der Waals surface area contributed by atoms with Crippen molar-refractivity contribution in [2.24, 2.45) is 0 Å². The fraction of sp³-hybridized carbons (Fsp3) is 0.300. The molecule has 0 aromatic carbocycles. The Morgan fingerprint density at radius 2 is 2.31 bits per heavy atom. The SMILES string of the molecule is Cc1ncc(/C=C/C(=O)N(C)CC(=O)O)s1. The summed E-state index contributed by atoms with van der Waals surface area (Å²) in [4.78, 5) is 27.8. The van der Waals surface area contributed by atoms with E-state index < -0.39 is 5.97 Å². The highest BCUT2D eigenvalue weighted by molar-refractivity contribution is 7.12. The number of carbonyl (C=O) groups excluding carboxylic acids is 1. The fourth-order valence-corrected chi connectivity index (χ4v) is 1.70. The molecule has 0 bridgehead atoms. The van der Waals surface area contributed by atoms with E-state index in [1.54, 1.807) is 12.3 Å². The van der Waals surface area contributed by atoms with Crippen molar-refractivity contribution >= 4 is 29.3 Å². The number of hydrogen-bond donors (Lipinski definition) is 1. The Kier molecular flexibility index (Phi) is 4.19. The lowest BCUT2D eigenvalue weighted by Gasteiger charge is -2.10. The van der Waals surface area contributed by atoms with Crippen LogP contribution in [0.2, 0.25) is 0 Å². The van der Waals surface area contributed by atoms with Crippen LogP contribution in [-0.2, 0) is 9.59 Å². The quantitative estimate of drug-likeness (QED) is 0.797. The zero-order valence-electron chi connectivity index (χ0n) is 9.01. The third-order valence-corrected chi connectivity index (χ3v) is 2.66. The summed E-state index contributed by atoms with van der Waals surface area (Å²) in [6, 6.07) is 0. The molecular weight excluding hydrogens is 228 g/mol. The van der Waals surface area contributed by atoms with Gasteiger partial charge in [-0.05, 0) is 13.0 Å². The molecule has 0 saturated heterocycles. The van der Waals surface area contributed by atoms with E-state index in [9.17, 15) is 9.59 Å². The topological polar surface area (TPSA) is 70.5 Å². The Hall–Kier alpha value is -1.69. The monoisotopic (exact) mass is 240 g/mol. The Morgan fingerprint density at radius 3 is 2.81 bits per heavy atom. The number of carbonyl (C=O) groups is 2. The number of hydrogen-bond acceptors (Lipinski definition) is 4. The van der Waals surface area contributed by atoms with Crippen molar-refractivity contribution in [3.05, 3.63) is 22.2 Å². The van der Waals surface area contributed by atoms with Crippen molar-refractivity contribution < 1.29 is 14.7 Å². The maximum atomic E-state index is 11.4. The first-order valence-corrected chi connectivity index (χ1v) is 5.38. The second kappa shape index (κ2) is 5.41. The van der Waals surface area contributed by atoms with Crippen LogP contribution in [0.5, 0.6) is 0 Å². The zero-order chi connectivity index (χ0) is 12.1. The van der Waals surface area contributed by atoms with Crippen LogP contribution in [0.3, 0.4) is 0 Å². The molecule has 0 aliphatic carbocycles. The minimum Gasteiger partial charge on any atom is -0.480 e. The third kappa shape index (κ3) is 3.82. The molecule has 1 amide bonds. The lowest BCUT2D eigenvalue weighted by atomic mass is 10.4. The molecule has 0 radical (unpaired) electrons. The molecule has 0 aliphatic rings. The Bertz CT molecular complexity index is 425. The summed E-state index contributed by atoms with van der Waals surface area (Å²) in [5.41, 5.74) is 0. The maximum absolute atomic E-state index is 11.4. The van der Waals surface area contributed by atoms with E-state index in [0.717, 1.165) is 14.8 Å². The van der Waals surface area contributed by atoms with Gasteiger partial charge in [-0.15, -0.1) is 11.3 Å². The highest BCUT2D eigenvalue weighted by atomic mass is 32.1. The predicted octanol–water partition coefficient (Wildman–Crippen LogP) is 1.01. The molecule has 0 fully saturated rings. The van der Waals surface area contributed by atoms with E-state index in [-0.39, 0.29) is 12.5 Å². The fourth-order valence-electron chi connectivity index (χ4n) is 1.02. The minimum atomic E-state index is -1.03. The maximum Gasteiger partial charge on any atom is 0.323 e. The lowest BCUT2D eigenvalue weighted by Crippen LogP contribution is -2.30. The van der Waals surface area contributed by atoms with Gasteiger partial charge in [0.05, 0.1) is 5.01 Å². The van der Waals surface area contributed by atoms with Gasteiger partial charge in [0, 0.05) is 24.2 Å². The molecule has 0 unspecified atom stereocenters. The summed E-state index contributed by atoms with van der Waals surface area (Å²) < 4.78 is 0. The van der Waals surface area contributed by atoms with E-state index in [0.29, 0.717) is 0 Å². The van der Waals surface area contributed by atoms with E-state index in [2.05, 4.69) is 4.98 Å². The molecule has 1 rings (SSSR count). The summed E-state index contributed by atoms with van der Waals surface area (Å²) in [5.74, 6) is -1.37. The molecule has 1 aromatic rings. The highest BCUT2D eigenvalue weighted by Crippen LogP contribution is 2.12. The number of carboxylic acid groups (broad SMARTS) is 1. The number of aliphatic carboxylic acids is 1. The van der Waals surface area contributed by atoms with Gasteiger partial charge in [0.1, 0.15) is 6.54 Å². The van der Waals surface area contributed by atoms with Crippen LogP contribution >= 0.6 is 11.3 Å². The molecule has 5 nitrogen and oxygen atoms in total. The van der Waals surface area contributed by atoms with Crippen molar-refractivity contribution in [2.75, 3.05) is 13.6 Å². The van der Waals surface area contributed by atoms with Gasteiger partial charge in [-0.1, -0.05) is 0 Å². The second-order valence-electron chi connectivity index (χ2n) is 3.20. The van der Waals surface area contributed by atoms with Crippen LogP contribution in [0.15, 0.2) is 12.3 Å². The summed E-state index contributed by atoms with van der Waals surface area (Å²) in [7, 11) is 1.44. The molecule has 1 N–H and O–H groups in total. The third-order valence-electron chi connectivity index (χ3n) is 1.78. The van der Waals surface area contributed by atoms with Gasteiger partial charge < -0.3 is 10.0 Å². The van der Waals surface area contributed by atoms with Gasteiger partial charge in [-0.2, -0.15) is 0 Å². The number of amides is 1. The molecule has 0 atom stereocenters. The van der Waals surface area contributed by atoms with Crippen molar-refractivity contribution in [3.63, 3.8) is 0 Å². The number of likely N-dealkylation sites (N-methyl/N-ethyl adjacent to an activating group) is 1.